The molecule has 0 saturated carbocycles. The van der Waals surface area contributed by atoms with E-state index in [1.807, 2.05) is 18.7 Å². The highest BCUT2D eigenvalue weighted by Gasteiger charge is 2.35. The summed E-state index contributed by atoms with van der Waals surface area (Å²) in [4.78, 5) is 26.1. The van der Waals surface area contributed by atoms with Crippen LogP contribution in [0.2, 0.25) is 0 Å². The highest BCUT2D eigenvalue weighted by atomic mass is 16.5. The number of nitrogens with zero attached hydrogens (tertiary/aromatic N) is 1. The average Bonchev–Trinajstić information content (AvgIpc) is 2.45. The highest BCUT2D eigenvalue weighted by molar-refractivity contribution is 5.83. The molecule has 5 nitrogen and oxygen atoms in total. The van der Waals surface area contributed by atoms with Crippen LogP contribution in [-0.4, -0.2) is 48.6 Å². The third-order valence-electron chi connectivity index (χ3n) is 4.00. The van der Waals surface area contributed by atoms with E-state index >= 15 is 0 Å². The zero-order valence-electron chi connectivity index (χ0n) is 13.1. The van der Waals surface area contributed by atoms with Gasteiger partial charge in [-0.15, -0.1) is 0 Å². The van der Waals surface area contributed by atoms with Gasteiger partial charge in [0.05, 0.1) is 13.2 Å². The van der Waals surface area contributed by atoms with Gasteiger partial charge in [-0.3, -0.25) is 14.5 Å². The van der Waals surface area contributed by atoms with Crippen LogP contribution >= 0.6 is 0 Å². The summed E-state index contributed by atoms with van der Waals surface area (Å²) < 4.78 is 4.86. The predicted molar refractivity (Wildman–Crippen MR) is 78.3 cm³/mol. The third-order valence-corrected chi connectivity index (χ3v) is 4.00. The molecule has 1 saturated heterocycles. The van der Waals surface area contributed by atoms with Crippen molar-refractivity contribution in [1.82, 2.24) is 10.2 Å². The second-order valence-electron chi connectivity index (χ2n) is 5.65. The number of ether oxygens (including phenoxy) is 1. The standard InChI is InChI=1S/C15H28N2O3/c1-5-8-11(2)16-14(18)12(3)17-10-7-6-9-13(17)15(19)20-4/h11-13H,5-10H2,1-4H3,(H,16,18)/t11?,12?,13-/m1/s1. The molecule has 1 amide bonds. The fourth-order valence-electron chi connectivity index (χ4n) is 2.83. The molecule has 116 valence electrons. The largest absolute Gasteiger partial charge is 0.468 e. The lowest BCUT2D eigenvalue weighted by molar-refractivity contribution is -0.150. The van der Waals surface area contributed by atoms with E-state index in [2.05, 4.69) is 12.2 Å². The predicted octanol–water partition coefficient (Wildman–Crippen LogP) is 1.71. The van der Waals surface area contributed by atoms with Crippen molar-refractivity contribution in [1.29, 1.82) is 0 Å². The molecule has 0 aromatic carbocycles. The summed E-state index contributed by atoms with van der Waals surface area (Å²) in [6.07, 6.45) is 4.82. The summed E-state index contributed by atoms with van der Waals surface area (Å²) in [5, 5.41) is 3.02. The molecule has 3 atom stereocenters. The normalized spacial score (nSPS) is 22.9. The summed E-state index contributed by atoms with van der Waals surface area (Å²) >= 11 is 0. The van der Waals surface area contributed by atoms with Crippen molar-refractivity contribution in [3.63, 3.8) is 0 Å². The molecular formula is C15H28N2O3. The second-order valence-corrected chi connectivity index (χ2v) is 5.65. The van der Waals surface area contributed by atoms with E-state index in [9.17, 15) is 9.59 Å². The summed E-state index contributed by atoms with van der Waals surface area (Å²) in [5.74, 6) is -0.229. The molecule has 0 radical (unpaired) electrons. The summed E-state index contributed by atoms with van der Waals surface area (Å²) in [7, 11) is 1.41. The number of hydrogen-bond donors (Lipinski definition) is 1. The van der Waals surface area contributed by atoms with Gasteiger partial charge in [0.2, 0.25) is 5.91 Å². The summed E-state index contributed by atoms with van der Waals surface area (Å²) in [5.41, 5.74) is 0. The van der Waals surface area contributed by atoms with Crippen molar-refractivity contribution in [3.8, 4) is 0 Å². The Hall–Kier alpha value is -1.10. The summed E-state index contributed by atoms with van der Waals surface area (Å²) in [6, 6.07) is -0.397. The Balaban J connectivity index is 2.64. The van der Waals surface area contributed by atoms with Crippen LogP contribution in [0.15, 0.2) is 0 Å². The molecule has 1 aliphatic rings. The number of likely N-dealkylation sites (tertiary alicyclic amines) is 1. The number of piperidine rings is 1. The number of nitrogens with one attached hydrogen (secondary N) is 1. The van der Waals surface area contributed by atoms with Crippen LogP contribution in [0.4, 0.5) is 0 Å². The Bertz CT molecular complexity index is 333. The lowest BCUT2D eigenvalue weighted by Crippen LogP contribution is -2.55. The van der Waals surface area contributed by atoms with Crippen LogP contribution in [0.25, 0.3) is 0 Å². The van der Waals surface area contributed by atoms with Gasteiger partial charge in [-0.05, 0) is 39.7 Å². The Morgan fingerprint density at radius 2 is 2.05 bits per heavy atom. The molecule has 1 fully saturated rings. The molecule has 20 heavy (non-hydrogen) atoms. The molecule has 0 aliphatic carbocycles. The molecule has 0 aromatic rings. The van der Waals surface area contributed by atoms with E-state index in [0.717, 1.165) is 38.6 Å². The molecule has 0 bridgehead atoms. The van der Waals surface area contributed by atoms with Crippen LogP contribution < -0.4 is 5.32 Å². The van der Waals surface area contributed by atoms with Crippen LogP contribution in [0.5, 0.6) is 0 Å². The van der Waals surface area contributed by atoms with Crippen LogP contribution in [0, 0.1) is 0 Å². The molecule has 1 rings (SSSR count). The van der Waals surface area contributed by atoms with E-state index < -0.39 is 0 Å². The van der Waals surface area contributed by atoms with Gasteiger partial charge in [-0.1, -0.05) is 19.8 Å². The van der Waals surface area contributed by atoms with Gasteiger partial charge in [0, 0.05) is 6.04 Å². The Labute approximate surface area is 122 Å². The Morgan fingerprint density at radius 3 is 2.65 bits per heavy atom. The topological polar surface area (TPSA) is 58.6 Å². The first-order chi connectivity index (χ1) is 9.51. The first-order valence-electron chi connectivity index (χ1n) is 7.65. The minimum Gasteiger partial charge on any atom is -0.468 e. The van der Waals surface area contributed by atoms with E-state index in [4.69, 9.17) is 4.74 Å². The van der Waals surface area contributed by atoms with Gasteiger partial charge >= 0.3 is 5.97 Å². The van der Waals surface area contributed by atoms with Gasteiger partial charge in [0.1, 0.15) is 6.04 Å². The molecule has 1 N–H and O–H groups in total. The van der Waals surface area contributed by atoms with Gasteiger partial charge in [0.25, 0.3) is 0 Å². The van der Waals surface area contributed by atoms with Crippen molar-refractivity contribution in [3.05, 3.63) is 0 Å². The van der Waals surface area contributed by atoms with Gasteiger partial charge in [-0.25, -0.2) is 0 Å². The average molecular weight is 284 g/mol. The van der Waals surface area contributed by atoms with Crippen LogP contribution in [-0.2, 0) is 14.3 Å². The summed E-state index contributed by atoms with van der Waals surface area (Å²) in [6.45, 7) is 6.76. The lowest BCUT2D eigenvalue weighted by Gasteiger charge is -2.37. The smallest absolute Gasteiger partial charge is 0.323 e. The fourth-order valence-corrected chi connectivity index (χ4v) is 2.83. The molecule has 0 spiro atoms. The first kappa shape index (κ1) is 17.0. The van der Waals surface area contributed by atoms with Crippen molar-refractivity contribution in [2.24, 2.45) is 0 Å². The molecule has 1 aliphatic heterocycles. The van der Waals surface area contributed by atoms with E-state index in [1.165, 1.54) is 7.11 Å². The number of hydrogen-bond acceptors (Lipinski definition) is 4. The highest BCUT2D eigenvalue weighted by Crippen LogP contribution is 2.20. The molecule has 5 heteroatoms. The zero-order chi connectivity index (χ0) is 15.1. The minimum atomic E-state index is -0.293. The Kier molecular flexibility index (Phi) is 6.99. The van der Waals surface area contributed by atoms with Crippen LogP contribution in [0.1, 0.15) is 52.9 Å². The maximum Gasteiger partial charge on any atom is 0.323 e. The molecule has 0 aromatic heterocycles. The number of rotatable bonds is 6. The maximum absolute atomic E-state index is 12.3. The molecule has 1 heterocycles. The van der Waals surface area contributed by atoms with Gasteiger partial charge in [-0.2, -0.15) is 0 Å². The SMILES string of the molecule is CCCC(C)NC(=O)C(C)N1CCCC[C@@H]1C(=O)OC. The zero-order valence-corrected chi connectivity index (χ0v) is 13.1. The first-order valence-corrected chi connectivity index (χ1v) is 7.65. The fraction of sp³-hybridized carbons (Fsp3) is 0.867. The van der Waals surface area contributed by atoms with Crippen molar-refractivity contribution in [2.45, 2.75) is 71.0 Å². The van der Waals surface area contributed by atoms with Crippen molar-refractivity contribution in [2.75, 3.05) is 13.7 Å². The number of esters is 1. The lowest BCUT2D eigenvalue weighted by atomic mass is 9.99. The monoisotopic (exact) mass is 284 g/mol. The molecular weight excluding hydrogens is 256 g/mol. The van der Waals surface area contributed by atoms with E-state index in [0.29, 0.717) is 0 Å². The van der Waals surface area contributed by atoms with Gasteiger partial charge < -0.3 is 10.1 Å². The minimum absolute atomic E-state index is 0.00162. The van der Waals surface area contributed by atoms with Gasteiger partial charge in [0.15, 0.2) is 0 Å². The van der Waals surface area contributed by atoms with E-state index in [1.54, 1.807) is 0 Å². The van der Waals surface area contributed by atoms with Crippen molar-refractivity contribution >= 4 is 11.9 Å². The molecule has 2 unspecified atom stereocenters. The second kappa shape index (κ2) is 8.25. The van der Waals surface area contributed by atoms with Crippen LogP contribution in [0.3, 0.4) is 0 Å². The van der Waals surface area contributed by atoms with Crippen molar-refractivity contribution < 1.29 is 14.3 Å². The number of methoxy groups -OCH3 is 1. The Morgan fingerprint density at radius 1 is 1.35 bits per heavy atom. The maximum atomic E-state index is 12.3. The number of amides is 1. The third kappa shape index (κ3) is 4.47. The van der Waals surface area contributed by atoms with E-state index in [-0.39, 0.29) is 30.0 Å². The number of carbonyl (C=O) groups is 2. The quantitative estimate of drug-likeness (QED) is 0.754. The number of carbonyl (C=O) groups excluding carboxylic acids is 2.